The van der Waals surface area contributed by atoms with Gasteiger partial charge in [0.15, 0.2) is 5.69 Å². The topological polar surface area (TPSA) is 107 Å². The van der Waals surface area contributed by atoms with E-state index < -0.39 is 5.97 Å². The van der Waals surface area contributed by atoms with Gasteiger partial charge in [0.1, 0.15) is 11.3 Å². The predicted molar refractivity (Wildman–Crippen MR) is 108 cm³/mol. The second-order valence-electron chi connectivity index (χ2n) is 7.90. The van der Waals surface area contributed by atoms with Gasteiger partial charge in [0, 0.05) is 49.1 Å². The lowest BCUT2D eigenvalue weighted by molar-refractivity contribution is 0.0591. The maximum absolute atomic E-state index is 13.1. The van der Waals surface area contributed by atoms with Crippen LogP contribution in [0.25, 0.3) is 0 Å². The van der Waals surface area contributed by atoms with E-state index in [2.05, 4.69) is 10.2 Å². The fraction of sp³-hybridized carbons (Fsp3) is 0.524. The van der Waals surface area contributed by atoms with E-state index in [-0.39, 0.29) is 28.9 Å². The van der Waals surface area contributed by atoms with Gasteiger partial charge in [-0.05, 0) is 33.1 Å². The van der Waals surface area contributed by atoms with Crippen LogP contribution in [-0.4, -0.2) is 57.8 Å². The second kappa shape index (κ2) is 7.97. The summed E-state index contributed by atoms with van der Waals surface area (Å²) in [6.07, 6.45) is 2.92. The summed E-state index contributed by atoms with van der Waals surface area (Å²) in [6.45, 7) is 4.67. The van der Waals surface area contributed by atoms with Gasteiger partial charge in [-0.2, -0.15) is 5.10 Å². The quantitative estimate of drug-likeness (QED) is 0.757. The lowest BCUT2D eigenvalue weighted by Gasteiger charge is -2.19. The number of ether oxygens (including phenoxy) is 2. The maximum atomic E-state index is 13.1. The van der Waals surface area contributed by atoms with Crippen LogP contribution in [0.2, 0.25) is 0 Å². The molecule has 1 amide bonds. The molecule has 0 fully saturated rings. The van der Waals surface area contributed by atoms with Crippen molar-refractivity contribution in [2.45, 2.75) is 52.2 Å². The minimum atomic E-state index is -0.556. The molecule has 3 heterocycles. The molecule has 0 saturated carbocycles. The van der Waals surface area contributed by atoms with Crippen LogP contribution in [0, 0.1) is 0 Å². The van der Waals surface area contributed by atoms with Crippen LogP contribution in [0.1, 0.15) is 58.1 Å². The van der Waals surface area contributed by atoms with Gasteiger partial charge < -0.3 is 18.9 Å². The number of carbonyl (C=O) groups excluding carboxylic acids is 2. The molecule has 0 saturated heterocycles. The van der Waals surface area contributed by atoms with Crippen molar-refractivity contribution in [3.63, 3.8) is 0 Å². The van der Waals surface area contributed by atoms with Crippen molar-refractivity contribution in [1.82, 2.24) is 19.7 Å². The van der Waals surface area contributed by atoms with Crippen LogP contribution in [0.4, 0.5) is 0 Å². The third-order valence-corrected chi connectivity index (χ3v) is 5.64. The number of aromatic nitrogens is 3. The number of aromatic amines is 1. The molecule has 1 aliphatic carbocycles. The number of H-pyrrole nitrogens is 1. The highest BCUT2D eigenvalue weighted by atomic mass is 16.5. The summed E-state index contributed by atoms with van der Waals surface area (Å²) in [5, 5.41) is 7.21. The Labute approximate surface area is 174 Å². The summed E-state index contributed by atoms with van der Waals surface area (Å²) in [6, 6.07) is 1.33. The lowest BCUT2D eigenvalue weighted by atomic mass is 10.1. The Kier molecular flexibility index (Phi) is 5.36. The van der Waals surface area contributed by atoms with Crippen molar-refractivity contribution in [3.8, 4) is 5.75 Å². The number of rotatable bonds is 4. The Balaban J connectivity index is 1.67. The molecule has 1 N–H and O–H groups in total. The van der Waals surface area contributed by atoms with E-state index in [9.17, 15) is 14.4 Å². The van der Waals surface area contributed by atoms with Crippen LogP contribution in [0.3, 0.4) is 0 Å². The third kappa shape index (κ3) is 3.48. The van der Waals surface area contributed by atoms with E-state index in [0.29, 0.717) is 37.4 Å². The number of aryl methyl sites for hydroxylation is 1. The first-order valence-corrected chi connectivity index (χ1v) is 10.3. The summed E-state index contributed by atoms with van der Waals surface area (Å²) >= 11 is 0. The van der Waals surface area contributed by atoms with E-state index >= 15 is 0 Å². The van der Waals surface area contributed by atoms with Crippen molar-refractivity contribution < 1.29 is 19.1 Å². The normalized spacial score (nSPS) is 15.5. The van der Waals surface area contributed by atoms with Crippen LogP contribution < -0.4 is 10.3 Å². The first-order valence-electron chi connectivity index (χ1n) is 10.3. The molecule has 2 aromatic rings. The van der Waals surface area contributed by atoms with Gasteiger partial charge in [-0.3, -0.25) is 14.7 Å². The Hall–Kier alpha value is -3.10. The summed E-state index contributed by atoms with van der Waals surface area (Å²) in [5.74, 6) is -0.481. The third-order valence-electron chi connectivity index (χ3n) is 5.64. The minimum Gasteiger partial charge on any atom is -0.490 e. The van der Waals surface area contributed by atoms with Crippen molar-refractivity contribution in [3.05, 3.63) is 44.6 Å². The molecule has 0 atom stereocenters. The van der Waals surface area contributed by atoms with E-state index in [1.54, 1.807) is 9.47 Å². The number of esters is 1. The van der Waals surface area contributed by atoms with Gasteiger partial charge >= 0.3 is 5.97 Å². The summed E-state index contributed by atoms with van der Waals surface area (Å²) in [5.41, 5.74) is 3.03. The minimum absolute atomic E-state index is 0.145. The lowest BCUT2D eigenvalue weighted by Crippen LogP contribution is -2.35. The molecule has 2 aromatic heterocycles. The molecule has 0 bridgehead atoms. The first-order chi connectivity index (χ1) is 14.4. The monoisotopic (exact) mass is 414 g/mol. The van der Waals surface area contributed by atoms with Crippen molar-refractivity contribution in [2.24, 2.45) is 0 Å². The molecule has 4 rings (SSSR count). The summed E-state index contributed by atoms with van der Waals surface area (Å²) in [4.78, 5) is 40.1. The van der Waals surface area contributed by atoms with Gasteiger partial charge in [-0.1, -0.05) is 0 Å². The second-order valence-corrected chi connectivity index (χ2v) is 7.90. The van der Waals surface area contributed by atoms with E-state index in [0.717, 1.165) is 30.5 Å². The SMILES string of the molecule is COC(=O)c1c(OC(C)C)cc(=O)n2c1CCN(C(=O)c1n[nH]c3c1CCC3)CC2. The van der Waals surface area contributed by atoms with Gasteiger partial charge in [0.2, 0.25) is 0 Å². The average Bonchev–Trinajstić information content (AvgIpc) is 3.25. The molecule has 9 heteroatoms. The Morgan fingerprint density at radius 2 is 1.97 bits per heavy atom. The van der Waals surface area contributed by atoms with Crippen molar-refractivity contribution in [1.29, 1.82) is 0 Å². The number of hydrogen-bond donors (Lipinski definition) is 1. The zero-order chi connectivity index (χ0) is 21.4. The number of nitrogens with one attached hydrogen (secondary N) is 1. The summed E-state index contributed by atoms with van der Waals surface area (Å²) < 4.78 is 12.2. The number of nitrogens with zero attached hydrogens (tertiary/aromatic N) is 3. The number of methoxy groups -OCH3 is 1. The Bertz CT molecular complexity index is 1050. The predicted octanol–water partition coefficient (Wildman–Crippen LogP) is 1.33. The average molecular weight is 414 g/mol. The number of carbonyl (C=O) groups is 2. The highest BCUT2D eigenvalue weighted by Gasteiger charge is 2.30. The molecule has 0 aromatic carbocycles. The fourth-order valence-corrected chi connectivity index (χ4v) is 4.27. The van der Waals surface area contributed by atoms with Crippen LogP contribution in [0.15, 0.2) is 10.9 Å². The van der Waals surface area contributed by atoms with Gasteiger partial charge in [0.25, 0.3) is 11.5 Å². The number of amides is 1. The Morgan fingerprint density at radius 1 is 1.17 bits per heavy atom. The standard InChI is InChI=1S/C21H26N4O5/c1-12(2)30-16-11-17(26)25-10-9-24(8-7-15(25)18(16)21(28)29-3)20(27)19-13-5-4-6-14(13)22-23-19/h11-12H,4-10H2,1-3H3,(H,22,23). The van der Waals surface area contributed by atoms with Crippen LogP contribution in [-0.2, 0) is 30.5 Å². The first kappa shape index (κ1) is 20.2. The Morgan fingerprint density at radius 3 is 2.70 bits per heavy atom. The van der Waals surface area contributed by atoms with Crippen molar-refractivity contribution in [2.75, 3.05) is 20.2 Å². The van der Waals surface area contributed by atoms with E-state index in [1.807, 2.05) is 13.8 Å². The van der Waals surface area contributed by atoms with E-state index in [4.69, 9.17) is 9.47 Å². The molecule has 2 aliphatic rings. The molecule has 0 unspecified atom stereocenters. The highest BCUT2D eigenvalue weighted by molar-refractivity contribution is 5.95. The molecule has 30 heavy (non-hydrogen) atoms. The number of hydrogen-bond acceptors (Lipinski definition) is 6. The molecule has 1 aliphatic heterocycles. The molecule has 160 valence electrons. The molecule has 0 spiro atoms. The number of pyridine rings is 1. The fourth-order valence-electron chi connectivity index (χ4n) is 4.27. The molecular weight excluding hydrogens is 388 g/mol. The van der Waals surface area contributed by atoms with Gasteiger partial charge in [-0.15, -0.1) is 0 Å². The zero-order valence-electron chi connectivity index (χ0n) is 17.5. The summed E-state index contributed by atoms with van der Waals surface area (Å²) in [7, 11) is 1.30. The van der Waals surface area contributed by atoms with E-state index in [1.165, 1.54) is 13.2 Å². The van der Waals surface area contributed by atoms with Gasteiger partial charge in [-0.25, -0.2) is 4.79 Å². The van der Waals surface area contributed by atoms with Crippen LogP contribution >= 0.6 is 0 Å². The van der Waals surface area contributed by atoms with Crippen molar-refractivity contribution >= 4 is 11.9 Å². The van der Waals surface area contributed by atoms with Crippen LogP contribution in [0.5, 0.6) is 5.75 Å². The molecule has 0 radical (unpaired) electrons. The maximum Gasteiger partial charge on any atom is 0.343 e. The highest BCUT2D eigenvalue weighted by Crippen LogP contribution is 2.27. The molecular formula is C21H26N4O5. The molecule has 9 nitrogen and oxygen atoms in total. The number of fused-ring (bicyclic) bond motifs is 2. The van der Waals surface area contributed by atoms with Gasteiger partial charge in [0.05, 0.1) is 13.2 Å². The smallest absolute Gasteiger partial charge is 0.343 e. The largest absolute Gasteiger partial charge is 0.490 e. The zero-order valence-corrected chi connectivity index (χ0v) is 17.5.